The molecule has 1 N–H and O–H groups in total. The molecule has 5 heteroatoms. The van der Waals surface area contributed by atoms with Crippen molar-refractivity contribution >= 4 is 17.7 Å². The minimum Gasteiger partial charge on any atom is -0.381 e. The first-order valence-corrected chi connectivity index (χ1v) is 9.85. The van der Waals surface area contributed by atoms with Crippen LogP contribution in [0, 0.1) is 11.7 Å². The Morgan fingerprint density at radius 2 is 2.12 bits per heavy atom. The normalized spacial score (nSPS) is 17.0. The highest BCUT2D eigenvalue weighted by molar-refractivity contribution is 7.99. The summed E-state index contributed by atoms with van der Waals surface area (Å²) in [6.07, 6.45) is 2.73. The maximum absolute atomic E-state index is 13.6. The number of benzene rings is 1. The maximum atomic E-state index is 13.6. The summed E-state index contributed by atoms with van der Waals surface area (Å²) in [6.45, 7) is 6.22. The van der Waals surface area contributed by atoms with E-state index >= 15 is 0 Å². The zero-order chi connectivity index (χ0) is 17.4. The summed E-state index contributed by atoms with van der Waals surface area (Å²) in [5, 5.41) is 3.06. The Morgan fingerprint density at radius 1 is 1.38 bits per heavy atom. The van der Waals surface area contributed by atoms with Gasteiger partial charge in [-0.15, -0.1) is 0 Å². The van der Waals surface area contributed by atoms with Gasteiger partial charge in [0.1, 0.15) is 5.82 Å². The molecule has 1 aliphatic heterocycles. The molecule has 24 heavy (non-hydrogen) atoms. The van der Waals surface area contributed by atoms with E-state index in [0.717, 1.165) is 30.6 Å². The number of ether oxygens (including phenoxy) is 1. The van der Waals surface area contributed by atoms with Gasteiger partial charge in [0.05, 0.1) is 5.75 Å². The molecule has 0 saturated carbocycles. The highest BCUT2D eigenvalue weighted by atomic mass is 32.2. The van der Waals surface area contributed by atoms with Gasteiger partial charge in [0.2, 0.25) is 5.91 Å². The number of rotatable bonds is 8. The van der Waals surface area contributed by atoms with Gasteiger partial charge in [0.25, 0.3) is 0 Å². The number of halogens is 1. The number of amides is 1. The van der Waals surface area contributed by atoms with E-state index in [1.807, 2.05) is 6.07 Å². The number of thioether (sulfide) groups is 1. The lowest BCUT2D eigenvalue weighted by molar-refractivity contribution is -0.119. The molecule has 1 amide bonds. The van der Waals surface area contributed by atoms with Gasteiger partial charge >= 0.3 is 0 Å². The average molecular weight is 354 g/mol. The molecule has 2 rings (SSSR count). The minimum atomic E-state index is -0.228. The Balaban J connectivity index is 1.91. The lowest BCUT2D eigenvalue weighted by Gasteiger charge is -2.38. The van der Waals surface area contributed by atoms with Crippen molar-refractivity contribution in [2.75, 3.05) is 31.3 Å². The second kappa shape index (κ2) is 9.42. The van der Waals surface area contributed by atoms with Gasteiger partial charge in [0.15, 0.2) is 0 Å². The van der Waals surface area contributed by atoms with Crippen molar-refractivity contribution in [2.45, 2.75) is 38.5 Å². The Labute approximate surface area is 148 Å². The predicted molar refractivity (Wildman–Crippen MR) is 97.9 cm³/mol. The largest absolute Gasteiger partial charge is 0.381 e. The second-order valence-electron chi connectivity index (χ2n) is 6.91. The van der Waals surface area contributed by atoms with Gasteiger partial charge in [-0.1, -0.05) is 26.0 Å². The van der Waals surface area contributed by atoms with Crippen LogP contribution in [0.5, 0.6) is 0 Å². The van der Waals surface area contributed by atoms with Crippen LogP contribution in [0.2, 0.25) is 0 Å². The molecule has 0 radical (unpaired) electrons. The van der Waals surface area contributed by atoms with E-state index in [2.05, 4.69) is 19.2 Å². The molecular weight excluding hydrogens is 325 g/mol. The van der Waals surface area contributed by atoms with Crippen LogP contribution in [-0.2, 0) is 14.9 Å². The van der Waals surface area contributed by atoms with Crippen molar-refractivity contribution in [3.05, 3.63) is 35.6 Å². The van der Waals surface area contributed by atoms with E-state index in [9.17, 15) is 9.18 Å². The van der Waals surface area contributed by atoms with Crippen LogP contribution in [0.3, 0.4) is 0 Å². The van der Waals surface area contributed by atoms with E-state index in [4.69, 9.17) is 4.74 Å². The van der Waals surface area contributed by atoms with E-state index in [-0.39, 0.29) is 17.1 Å². The van der Waals surface area contributed by atoms with Gasteiger partial charge < -0.3 is 10.1 Å². The number of nitrogens with one attached hydrogen (secondary N) is 1. The van der Waals surface area contributed by atoms with E-state index < -0.39 is 0 Å². The van der Waals surface area contributed by atoms with Crippen molar-refractivity contribution in [2.24, 2.45) is 5.92 Å². The molecule has 0 aliphatic carbocycles. The third-order valence-corrected chi connectivity index (χ3v) is 5.57. The summed E-state index contributed by atoms with van der Waals surface area (Å²) in [4.78, 5) is 12.1. The quantitative estimate of drug-likeness (QED) is 0.723. The molecule has 1 heterocycles. The van der Waals surface area contributed by atoms with Crippen LogP contribution < -0.4 is 5.32 Å². The monoisotopic (exact) mass is 353 g/mol. The maximum Gasteiger partial charge on any atom is 0.230 e. The number of hydrogen-bond acceptors (Lipinski definition) is 3. The highest BCUT2D eigenvalue weighted by Crippen LogP contribution is 2.34. The molecule has 0 spiro atoms. The van der Waals surface area contributed by atoms with Gasteiger partial charge in [-0.3, -0.25) is 4.79 Å². The van der Waals surface area contributed by atoms with Crippen molar-refractivity contribution in [1.29, 1.82) is 0 Å². The molecule has 1 fully saturated rings. The first kappa shape index (κ1) is 19.3. The van der Waals surface area contributed by atoms with E-state index in [1.54, 1.807) is 23.9 Å². The Hall–Kier alpha value is -1.07. The predicted octanol–water partition coefficient (Wildman–Crippen LogP) is 3.77. The van der Waals surface area contributed by atoms with Crippen molar-refractivity contribution in [3.8, 4) is 0 Å². The first-order valence-electron chi connectivity index (χ1n) is 8.70. The van der Waals surface area contributed by atoms with Crippen LogP contribution in [-0.4, -0.2) is 37.2 Å². The van der Waals surface area contributed by atoms with Crippen LogP contribution in [0.25, 0.3) is 0 Å². The minimum absolute atomic E-state index is 0.0611. The average Bonchev–Trinajstić information content (AvgIpc) is 2.57. The molecule has 0 aromatic heterocycles. The third kappa shape index (κ3) is 5.78. The fourth-order valence-electron chi connectivity index (χ4n) is 2.95. The third-order valence-electron chi connectivity index (χ3n) is 4.58. The lowest BCUT2D eigenvalue weighted by atomic mass is 9.74. The molecular formula is C19H28FNO2S. The number of carbonyl (C=O) groups excluding carboxylic acids is 1. The molecule has 1 saturated heterocycles. The number of hydrogen-bond donors (Lipinski definition) is 1. The molecule has 0 unspecified atom stereocenters. The highest BCUT2D eigenvalue weighted by Gasteiger charge is 2.35. The fraction of sp³-hybridized carbons (Fsp3) is 0.632. The van der Waals surface area contributed by atoms with Crippen LogP contribution in [0.15, 0.2) is 24.3 Å². The fourth-order valence-corrected chi connectivity index (χ4v) is 4.02. The SMILES string of the molecule is CC(C)CCSCC(=O)NCC1(c2cccc(F)c2)CCOCC1. The molecule has 3 nitrogen and oxygen atoms in total. The van der Waals surface area contributed by atoms with Crippen LogP contribution in [0.1, 0.15) is 38.7 Å². The zero-order valence-corrected chi connectivity index (χ0v) is 15.5. The first-order chi connectivity index (χ1) is 11.5. The summed E-state index contributed by atoms with van der Waals surface area (Å²) in [7, 11) is 0. The Kier molecular flexibility index (Phi) is 7.56. The summed E-state index contributed by atoms with van der Waals surface area (Å²) >= 11 is 1.68. The lowest BCUT2D eigenvalue weighted by Crippen LogP contribution is -2.45. The van der Waals surface area contributed by atoms with Gasteiger partial charge in [-0.05, 0) is 48.6 Å². The van der Waals surface area contributed by atoms with Crippen LogP contribution >= 0.6 is 11.8 Å². The summed E-state index contributed by atoms with van der Waals surface area (Å²) in [5.41, 5.74) is 0.733. The Morgan fingerprint density at radius 3 is 2.79 bits per heavy atom. The van der Waals surface area contributed by atoms with E-state index in [0.29, 0.717) is 31.4 Å². The Bertz CT molecular complexity index is 530. The molecule has 0 bridgehead atoms. The van der Waals surface area contributed by atoms with Crippen molar-refractivity contribution in [3.63, 3.8) is 0 Å². The summed E-state index contributed by atoms with van der Waals surface area (Å²) in [6, 6.07) is 6.75. The molecule has 1 aromatic carbocycles. The van der Waals surface area contributed by atoms with Gasteiger partial charge in [-0.2, -0.15) is 11.8 Å². The molecule has 0 atom stereocenters. The summed E-state index contributed by atoms with van der Waals surface area (Å²) < 4.78 is 19.1. The molecule has 1 aliphatic rings. The standard InChI is InChI=1S/C19H28FNO2S/c1-15(2)6-11-24-13-18(22)21-14-19(7-9-23-10-8-19)16-4-3-5-17(20)12-16/h3-5,12,15H,6-11,13-14H2,1-2H3,(H,21,22). The second-order valence-corrected chi connectivity index (χ2v) is 8.02. The molecule has 134 valence electrons. The topological polar surface area (TPSA) is 38.3 Å². The molecule has 1 aromatic rings. The van der Waals surface area contributed by atoms with Crippen LogP contribution in [0.4, 0.5) is 4.39 Å². The zero-order valence-electron chi connectivity index (χ0n) is 14.6. The van der Waals surface area contributed by atoms with Gasteiger partial charge in [0, 0.05) is 25.2 Å². The summed E-state index contributed by atoms with van der Waals surface area (Å²) in [5.74, 6) is 2.00. The van der Waals surface area contributed by atoms with Crippen molar-refractivity contribution in [1.82, 2.24) is 5.32 Å². The number of carbonyl (C=O) groups is 1. The van der Waals surface area contributed by atoms with Gasteiger partial charge in [-0.25, -0.2) is 4.39 Å². The van der Waals surface area contributed by atoms with Crippen molar-refractivity contribution < 1.29 is 13.9 Å². The smallest absolute Gasteiger partial charge is 0.230 e. The van der Waals surface area contributed by atoms with E-state index in [1.165, 1.54) is 6.07 Å².